The summed E-state index contributed by atoms with van der Waals surface area (Å²) in [6.45, 7) is 3.79. The Morgan fingerprint density at radius 3 is 1.86 bits per heavy atom. The van der Waals surface area contributed by atoms with E-state index >= 15 is 0 Å². The third-order valence-corrected chi connectivity index (χ3v) is 8.05. The highest BCUT2D eigenvalue weighted by molar-refractivity contribution is 6.17. The lowest BCUT2D eigenvalue weighted by Crippen LogP contribution is -2.65. The van der Waals surface area contributed by atoms with Crippen LogP contribution in [0.25, 0.3) is 0 Å². The van der Waals surface area contributed by atoms with E-state index in [1.54, 1.807) is 103 Å². The minimum absolute atomic E-state index is 0.0101. The SMILES string of the molecule is CCN1C(C)=C(C(=O)OC)C(c2ccccc2)N2C(=O)[C@](O)(C(=O)OC)C(c3ccccc3)C(C(=O)c3ccccc3)=C12. The van der Waals surface area contributed by atoms with Crippen LogP contribution in [-0.2, 0) is 23.9 Å². The van der Waals surface area contributed by atoms with Crippen molar-refractivity contribution in [2.75, 3.05) is 20.8 Å². The van der Waals surface area contributed by atoms with Crippen LogP contribution in [0.15, 0.2) is 114 Å². The minimum atomic E-state index is -2.86. The monoisotopic (exact) mass is 580 g/mol. The maximum Gasteiger partial charge on any atom is 0.348 e. The third-order valence-electron chi connectivity index (χ3n) is 8.05. The fraction of sp³-hybridized carbons (Fsp3) is 0.235. The summed E-state index contributed by atoms with van der Waals surface area (Å²) in [7, 11) is 2.31. The van der Waals surface area contributed by atoms with Gasteiger partial charge in [0, 0.05) is 17.8 Å². The molecule has 220 valence electrons. The number of nitrogens with zero attached hydrogens (tertiary/aromatic N) is 2. The van der Waals surface area contributed by atoms with Crippen molar-refractivity contribution in [2.24, 2.45) is 0 Å². The molecule has 1 N–H and O–H groups in total. The van der Waals surface area contributed by atoms with Crippen molar-refractivity contribution in [1.29, 1.82) is 0 Å². The first-order valence-electron chi connectivity index (χ1n) is 13.9. The second-order valence-electron chi connectivity index (χ2n) is 10.3. The molecule has 3 aromatic rings. The van der Waals surface area contributed by atoms with Crippen LogP contribution in [0.3, 0.4) is 0 Å². The molecular weight excluding hydrogens is 548 g/mol. The number of fused-ring (bicyclic) bond motifs is 1. The van der Waals surface area contributed by atoms with Gasteiger partial charge in [-0.1, -0.05) is 91.0 Å². The molecule has 9 heteroatoms. The summed E-state index contributed by atoms with van der Waals surface area (Å²) < 4.78 is 10.2. The summed E-state index contributed by atoms with van der Waals surface area (Å²) in [5.74, 6) is -4.73. The second-order valence-corrected chi connectivity index (χ2v) is 10.3. The molecule has 1 amide bonds. The topological polar surface area (TPSA) is 113 Å². The van der Waals surface area contributed by atoms with Crippen molar-refractivity contribution in [3.05, 3.63) is 130 Å². The van der Waals surface area contributed by atoms with Crippen molar-refractivity contribution in [3.8, 4) is 0 Å². The smallest absolute Gasteiger partial charge is 0.348 e. The number of esters is 2. The summed E-state index contributed by atoms with van der Waals surface area (Å²) in [5, 5.41) is 12.4. The van der Waals surface area contributed by atoms with E-state index in [0.29, 0.717) is 22.4 Å². The molecule has 2 unspecified atom stereocenters. The van der Waals surface area contributed by atoms with Crippen LogP contribution in [0.4, 0.5) is 0 Å². The summed E-state index contributed by atoms with van der Waals surface area (Å²) in [5.41, 5.74) is -1.08. The maximum atomic E-state index is 14.8. The zero-order valence-electron chi connectivity index (χ0n) is 24.3. The first-order valence-corrected chi connectivity index (χ1v) is 13.9. The number of carbonyl (C=O) groups excluding carboxylic acids is 4. The van der Waals surface area contributed by atoms with E-state index in [0.717, 1.165) is 7.11 Å². The van der Waals surface area contributed by atoms with Gasteiger partial charge in [0.05, 0.1) is 37.3 Å². The van der Waals surface area contributed by atoms with Gasteiger partial charge in [-0.25, -0.2) is 9.59 Å². The van der Waals surface area contributed by atoms with E-state index in [-0.39, 0.29) is 23.5 Å². The van der Waals surface area contributed by atoms with Gasteiger partial charge in [0.15, 0.2) is 5.78 Å². The lowest BCUT2D eigenvalue weighted by Gasteiger charge is -2.52. The molecule has 0 saturated heterocycles. The molecule has 2 aliphatic rings. The molecule has 5 rings (SSSR count). The Hall–Kier alpha value is -5.02. The first-order chi connectivity index (χ1) is 20.7. The van der Waals surface area contributed by atoms with Crippen molar-refractivity contribution < 1.29 is 33.8 Å². The molecule has 43 heavy (non-hydrogen) atoms. The molecule has 9 nitrogen and oxygen atoms in total. The molecule has 0 radical (unpaired) electrons. The molecule has 2 heterocycles. The molecule has 2 aliphatic heterocycles. The van der Waals surface area contributed by atoms with Gasteiger partial charge in [0.25, 0.3) is 11.5 Å². The van der Waals surface area contributed by atoms with Crippen LogP contribution < -0.4 is 0 Å². The van der Waals surface area contributed by atoms with Gasteiger partial charge >= 0.3 is 11.9 Å². The average Bonchev–Trinajstić information content (AvgIpc) is 3.05. The number of benzene rings is 3. The van der Waals surface area contributed by atoms with Gasteiger partial charge < -0.3 is 19.5 Å². The van der Waals surface area contributed by atoms with Crippen LogP contribution in [0.5, 0.6) is 0 Å². The molecular formula is C34H32N2O7. The third kappa shape index (κ3) is 4.62. The fourth-order valence-corrected chi connectivity index (χ4v) is 6.12. The van der Waals surface area contributed by atoms with Crippen LogP contribution in [0.1, 0.15) is 47.3 Å². The van der Waals surface area contributed by atoms with Crippen LogP contribution in [0, 0.1) is 0 Å². The van der Waals surface area contributed by atoms with Gasteiger partial charge in [0.2, 0.25) is 0 Å². The number of allylic oxidation sites excluding steroid dienone is 1. The molecule has 3 aromatic carbocycles. The molecule has 0 saturated carbocycles. The number of methoxy groups -OCH3 is 2. The van der Waals surface area contributed by atoms with Crippen LogP contribution >= 0.6 is 0 Å². The largest absolute Gasteiger partial charge is 0.466 e. The molecule has 0 bridgehead atoms. The summed E-state index contributed by atoms with van der Waals surface area (Å²) in [6, 6.07) is 24.5. The van der Waals surface area contributed by atoms with E-state index in [4.69, 9.17) is 9.47 Å². The summed E-state index contributed by atoms with van der Waals surface area (Å²) in [4.78, 5) is 59.3. The Morgan fingerprint density at radius 2 is 1.35 bits per heavy atom. The quantitative estimate of drug-likeness (QED) is 0.252. The Bertz CT molecular complexity index is 1630. The lowest BCUT2D eigenvalue weighted by molar-refractivity contribution is -0.178. The van der Waals surface area contributed by atoms with Crippen molar-refractivity contribution in [1.82, 2.24) is 9.80 Å². The zero-order valence-corrected chi connectivity index (χ0v) is 24.3. The van der Waals surface area contributed by atoms with Gasteiger partial charge in [-0.2, -0.15) is 0 Å². The first kappa shape index (κ1) is 29.5. The lowest BCUT2D eigenvalue weighted by atomic mass is 9.70. The molecule has 0 aliphatic carbocycles. The van der Waals surface area contributed by atoms with E-state index in [9.17, 15) is 24.3 Å². The van der Waals surface area contributed by atoms with Crippen LogP contribution in [-0.4, -0.2) is 64.9 Å². The zero-order chi connectivity index (χ0) is 30.9. The number of amides is 1. The Balaban J connectivity index is 1.98. The van der Waals surface area contributed by atoms with Gasteiger partial charge in [-0.3, -0.25) is 14.5 Å². The molecule has 0 fully saturated rings. The number of ketones is 1. The Labute approximate surface area is 249 Å². The highest BCUT2D eigenvalue weighted by Crippen LogP contribution is 2.52. The number of ether oxygens (including phenoxy) is 2. The Kier molecular flexibility index (Phi) is 8.02. The average molecular weight is 581 g/mol. The predicted octanol–water partition coefficient (Wildman–Crippen LogP) is 4.13. The van der Waals surface area contributed by atoms with Crippen molar-refractivity contribution in [3.63, 3.8) is 0 Å². The number of aliphatic hydroxyl groups is 1. The van der Waals surface area contributed by atoms with E-state index in [1.165, 1.54) is 12.0 Å². The van der Waals surface area contributed by atoms with E-state index in [1.807, 2.05) is 6.92 Å². The number of Topliss-reactive ketones (excluding diaryl/α,β-unsaturated/α-hetero) is 1. The predicted molar refractivity (Wildman–Crippen MR) is 157 cm³/mol. The number of hydrogen-bond acceptors (Lipinski definition) is 8. The summed E-state index contributed by atoms with van der Waals surface area (Å²) >= 11 is 0. The van der Waals surface area contributed by atoms with Crippen molar-refractivity contribution in [2.45, 2.75) is 31.4 Å². The highest BCUT2D eigenvalue weighted by atomic mass is 16.5. The Morgan fingerprint density at radius 1 is 0.814 bits per heavy atom. The fourth-order valence-electron chi connectivity index (χ4n) is 6.12. The molecule has 0 aromatic heterocycles. The molecule has 3 atom stereocenters. The van der Waals surface area contributed by atoms with Crippen molar-refractivity contribution >= 4 is 23.6 Å². The van der Waals surface area contributed by atoms with Crippen LogP contribution in [0.2, 0.25) is 0 Å². The number of rotatable bonds is 7. The maximum absolute atomic E-state index is 14.8. The van der Waals surface area contributed by atoms with E-state index in [2.05, 4.69) is 0 Å². The van der Waals surface area contributed by atoms with Gasteiger partial charge in [-0.15, -0.1) is 0 Å². The van der Waals surface area contributed by atoms with E-state index < -0.39 is 41.2 Å². The normalized spacial score (nSPS) is 21.8. The van der Waals surface area contributed by atoms with Gasteiger partial charge in [0.1, 0.15) is 5.82 Å². The standard InChI is InChI=1S/C34H32N2O7/c1-5-35-21(2)25(31(38)42-3)28(23-17-11-7-12-18-23)36-30(35)26(29(37)24-19-13-8-14-20-24)27(22-15-9-6-10-16-22)34(41,32(36)39)33(40)43-4/h6-20,27-28,41H,5H2,1-4H3/t27?,28?,34-/m0/s1. The van der Waals surface area contributed by atoms with Gasteiger partial charge in [-0.05, 0) is 25.0 Å². The minimum Gasteiger partial charge on any atom is -0.466 e. The second kappa shape index (κ2) is 11.7. The highest BCUT2D eigenvalue weighted by Gasteiger charge is 2.64. The number of carbonyl (C=O) groups is 4. The summed E-state index contributed by atoms with van der Waals surface area (Å²) in [6.07, 6.45) is 0. The molecule has 0 spiro atoms. The number of hydrogen-bond donors (Lipinski definition) is 1.